The van der Waals surface area contributed by atoms with E-state index in [0.717, 1.165) is 13.1 Å². The molecule has 1 amide bonds. The van der Waals surface area contributed by atoms with Gasteiger partial charge in [0.2, 0.25) is 5.91 Å². The molecule has 4 N–H and O–H groups in total. The third kappa shape index (κ3) is 9.44. The van der Waals surface area contributed by atoms with Crippen LogP contribution in [0.1, 0.15) is 33.6 Å². The molecule has 0 aliphatic heterocycles. The van der Waals surface area contributed by atoms with Crippen molar-refractivity contribution in [3.8, 4) is 0 Å². The second-order valence-electron chi connectivity index (χ2n) is 5.52. The Bertz CT molecular complexity index is 293. The maximum Gasteiger partial charge on any atom is 0.303 e. The van der Waals surface area contributed by atoms with E-state index < -0.39 is 5.97 Å². The number of carbonyl (C=O) groups excluding carboxylic acids is 1. The fraction of sp³-hybridized carbons (Fsp3) is 0.846. The zero-order valence-corrected chi connectivity index (χ0v) is 12.2. The van der Waals surface area contributed by atoms with Crippen LogP contribution in [0.25, 0.3) is 0 Å². The van der Waals surface area contributed by atoms with E-state index in [1.807, 2.05) is 11.8 Å². The Morgan fingerprint density at radius 3 is 2.47 bits per heavy atom. The van der Waals surface area contributed by atoms with Gasteiger partial charge in [-0.05, 0) is 24.9 Å². The van der Waals surface area contributed by atoms with Crippen molar-refractivity contribution in [1.82, 2.24) is 10.2 Å². The Balaban J connectivity index is 3.97. The molecule has 0 saturated carbocycles. The second kappa shape index (κ2) is 8.87. The Hall–Kier alpha value is -1.14. The summed E-state index contributed by atoms with van der Waals surface area (Å²) in [5, 5.41) is 11.2. The van der Waals surface area contributed by atoms with Gasteiger partial charge in [-0.1, -0.05) is 20.8 Å². The average molecular weight is 273 g/mol. The van der Waals surface area contributed by atoms with E-state index in [1.165, 1.54) is 0 Å². The topological polar surface area (TPSA) is 95.7 Å². The van der Waals surface area contributed by atoms with E-state index in [2.05, 4.69) is 19.2 Å². The lowest BCUT2D eigenvalue weighted by molar-refractivity contribution is -0.137. The maximum atomic E-state index is 11.7. The predicted octanol–water partition coefficient (Wildman–Crippen LogP) is 0.274. The van der Waals surface area contributed by atoms with Gasteiger partial charge in [0.25, 0.3) is 0 Å². The van der Waals surface area contributed by atoms with Gasteiger partial charge >= 0.3 is 5.97 Å². The molecule has 0 bridgehead atoms. The molecule has 0 radical (unpaired) electrons. The summed E-state index contributed by atoms with van der Waals surface area (Å²) in [5.41, 5.74) is 5.67. The van der Waals surface area contributed by atoms with Crippen LogP contribution in [-0.4, -0.2) is 54.6 Å². The van der Waals surface area contributed by atoms with Crippen molar-refractivity contribution in [1.29, 1.82) is 0 Å². The molecule has 112 valence electrons. The van der Waals surface area contributed by atoms with Crippen molar-refractivity contribution in [2.45, 2.75) is 33.6 Å². The lowest BCUT2D eigenvalue weighted by Crippen LogP contribution is -2.44. The number of carbonyl (C=O) groups is 2. The zero-order valence-electron chi connectivity index (χ0n) is 12.2. The molecular weight excluding hydrogens is 246 g/mol. The number of carboxylic acids is 1. The SMILES string of the molecule is CCN(CC(=O)NCCCC(=O)O)CC(C)(C)CN. The van der Waals surface area contributed by atoms with E-state index in [1.54, 1.807) is 0 Å². The molecule has 0 aromatic carbocycles. The number of nitrogens with one attached hydrogen (secondary N) is 1. The highest BCUT2D eigenvalue weighted by molar-refractivity contribution is 5.78. The predicted molar refractivity (Wildman–Crippen MR) is 74.8 cm³/mol. The number of amides is 1. The van der Waals surface area contributed by atoms with Crippen LogP contribution < -0.4 is 11.1 Å². The molecule has 0 aromatic rings. The largest absolute Gasteiger partial charge is 0.481 e. The van der Waals surface area contributed by atoms with Crippen molar-refractivity contribution in [3.63, 3.8) is 0 Å². The first kappa shape index (κ1) is 17.9. The van der Waals surface area contributed by atoms with E-state index >= 15 is 0 Å². The van der Waals surface area contributed by atoms with Gasteiger partial charge in [-0.15, -0.1) is 0 Å². The first-order chi connectivity index (χ1) is 8.80. The summed E-state index contributed by atoms with van der Waals surface area (Å²) in [6.07, 6.45) is 0.541. The standard InChI is InChI=1S/C13H27N3O3/c1-4-16(10-13(2,3)9-14)8-11(17)15-7-5-6-12(18)19/h4-10,14H2,1-3H3,(H,15,17)(H,18,19). The van der Waals surface area contributed by atoms with Crippen molar-refractivity contribution in [2.75, 3.05) is 32.7 Å². The van der Waals surface area contributed by atoms with Gasteiger partial charge in [0.1, 0.15) is 0 Å². The molecular formula is C13H27N3O3. The molecule has 6 nitrogen and oxygen atoms in total. The lowest BCUT2D eigenvalue weighted by atomic mass is 9.93. The van der Waals surface area contributed by atoms with E-state index in [9.17, 15) is 9.59 Å². The molecule has 0 spiro atoms. The van der Waals surface area contributed by atoms with Gasteiger partial charge < -0.3 is 16.2 Å². The van der Waals surface area contributed by atoms with Crippen LogP contribution in [0.15, 0.2) is 0 Å². The normalized spacial score (nSPS) is 11.6. The van der Waals surface area contributed by atoms with Gasteiger partial charge in [-0.2, -0.15) is 0 Å². The van der Waals surface area contributed by atoms with E-state index in [-0.39, 0.29) is 17.7 Å². The fourth-order valence-corrected chi connectivity index (χ4v) is 1.68. The Labute approximate surface area is 115 Å². The van der Waals surface area contributed by atoms with Gasteiger partial charge in [0.15, 0.2) is 0 Å². The second-order valence-corrected chi connectivity index (χ2v) is 5.52. The highest BCUT2D eigenvalue weighted by Crippen LogP contribution is 2.14. The van der Waals surface area contributed by atoms with E-state index in [4.69, 9.17) is 10.8 Å². The first-order valence-electron chi connectivity index (χ1n) is 6.71. The number of rotatable bonds is 10. The molecule has 0 unspecified atom stereocenters. The number of aliphatic carboxylic acids is 1. The Kier molecular flexibility index (Phi) is 8.34. The minimum atomic E-state index is -0.839. The maximum absolute atomic E-state index is 11.7. The van der Waals surface area contributed by atoms with Gasteiger partial charge in [-0.3, -0.25) is 14.5 Å². The minimum absolute atomic E-state index is 0.0143. The zero-order chi connectivity index (χ0) is 14.9. The third-order valence-corrected chi connectivity index (χ3v) is 2.91. The summed E-state index contributed by atoms with van der Waals surface area (Å²) in [6.45, 7) is 9.00. The van der Waals surface area contributed by atoms with Gasteiger partial charge in [0.05, 0.1) is 6.54 Å². The number of nitrogens with zero attached hydrogens (tertiary/aromatic N) is 1. The molecule has 0 saturated heterocycles. The molecule has 0 aliphatic rings. The molecule has 0 aromatic heterocycles. The molecule has 0 heterocycles. The minimum Gasteiger partial charge on any atom is -0.481 e. The third-order valence-electron chi connectivity index (χ3n) is 2.91. The Morgan fingerprint density at radius 2 is 2.00 bits per heavy atom. The molecule has 0 rings (SSSR count). The number of likely N-dealkylation sites (N-methyl/N-ethyl adjacent to an activating group) is 1. The summed E-state index contributed by atoms with van der Waals surface area (Å²) in [5.74, 6) is -0.908. The van der Waals surface area contributed by atoms with Crippen LogP contribution in [0.4, 0.5) is 0 Å². The molecule has 19 heavy (non-hydrogen) atoms. The van der Waals surface area contributed by atoms with Crippen molar-refractivity contribution >= 4 is 11.9 Å². The van der Waals surface area contributed by atoms with Crippen LogP contribution in [0, 0.1) is 5.41 Å². The lowest BCUT2D eigenvalue weighted by Gasteiger charge is -2.30. The summed E-state index contributed by atoms with van der Waals surface area (Å²) in [6, 6.07) is 0. The summed E-state index contributed by atoms with van der Waals surface area (Å²) in [7, 11) is 0. The summed E-state index contributed by atoms with van der Waals surface area (Å²) >= 11 is 0. The number of hydrogen-bond donors (Lipinski definition) is 3. The molecule has 0 atom stereocenters. The molecule has 0 fully saturated rings. The quantitative estimate of drug-likeness (QED) is 0.497. The van der Waals surface area contributed by atoms with Crippen LogP contribution >= 0.6 is 0 Å². The monoisotopic (exact) mass is 273 g/mol. The van der Waals surface area contributed by atoms with E-state index in [0.29, 0.717) is 26.1 Å². The van der Waals surface area contributed by atoms with Gasteiger partial charge in [0, 0.05) is 19.5 Å². The van der Waals surface area contributed by atoms with Crippen molar-refractivity contribution in [2.24, 2.45) is 11.1 Å². The number of nitrogens with two attached hydrogens (primary N) is 1. The van der Waals surface area contributed by atoms with Crippen LogP contribution in [-0.2, 0) is 9.59 Å². The molecule has 6 heteroatoms. The summed E-state index contributed by atoms with van der Waals surface area (Å²) in [4.78, 5) is 24.1. The van der Waals surface area contributed by atoms with Crippen LogP contribution in [0.3, 0.4) is 0 Å². The van der Waals surface area contributed by atoms with Gasteiger partial charge in [-0.25, -0.2) is 0 Å². The highest BCUT2D eigenvalue weighted by Gasteiger charge is 2.20. The first-order valence-corrected chi connectivity index (χ1v) is 6.71. The summed E-state index contributed by atoms with van der Waals surface area (Å²) < 4.78 is 0. The fourth-order valence-electron chi connectivity index (χ4n) is 1.68. The highest BCUT2D eigenvalue weighted by atomic mass is 16.4. The van der Waals surface area contributed by atoms with Crippen LogP contribution in [0.5, 0.6) is 0 Å². The average Bonchev–Trinajstić information content (AvgIpc) is 2.33. The number of hydrogen-bond acceptors (Lipinski definition) is 4. The Morgan fingerprint density at radius 1 is 1.37 bits per heavy atom. The smallest absolute Gasteiger partial charge is 0.303 e. The van der Waals surface area contributed by atoms with Crippen molar-refractivity contribution in [3.05, 3.63) is 0 Å². The van der Waals surface area contributed by atoms with Crippen LogP contribution in [0.2, 0.25) is 0 Å². The van der Waals surface area contributed by atoms with Crippen molar-refractivity contribution < 1.29 is 14.7 Å². The molecule has 0 aliphatic carbocycles. The number of carboxylic acid groups (broad SMARTS) is 1.